The predicted molar refractivity (Wildman–Crippen MR) is 62.9 cm³/mol. The topological polar surface area (TPSA) is 70.2 Å². The molecule has 90 valence electrons. The molecule has 0 amide bonds. The van der Waals surface area contributed by atoms with Crippen LogP contribution in [-0.2, 0) is 11.3 Å². The van der Waals surface area contributed by atoms with E-state index in [2.05, 4.69) is 5.10 Å². The van der Waals surface area contributed by atoms with Crippen LogP contribution in [0.15, 0.2) is 24.4 Å². The first-order valence-corrected chi connectivity index (χ1v) is 5.31. The van der Waals surface area contributed by atoms with E-state index in [-0.39, 0.29) is 5.69 Å². The van der Waals surface area contributed by atoms with Gasteiger partial charge < -0.3 is 4.74 Å². The lowest BCUT2D eigenvalue weighted by Crippen LogP contribution is -2.03. The van der Waals surface area contributed by atoms with E-state index in [1.807, 2.05) is 0 Å². The van der Waals surface area contributed by atoms with Gasteiger partial charge in [0.15, 0.2) is 0 Å². The Hall–Kier alpha value is -1.95. The van der Waals surface area contributed by atoms with Crippen LogP contribution < -0.4 is 0 Å². The molecule has 0 N–H and O–H groups in total. The third-order valence-electron chi connectivity index (χ3n) is 2.56. The van der Waals surface area contributed by atoms with Gasteiger partial charge in [0.05, 0.1) is 16.6 Å². The maximum Gasteiger partial charge on any atom is 0.271 e. The molecule has 2 aromatic rings. The molecule has 0 spiro atoms. The number of ether oxygens (including phenoxy) is 1. The lowest BCUT2D eigenvalue weighted by atomic mass is 10.2. The fourth-order valence-electron chi connectivity index (χ4n) is 1.71. The highest BCUT2D eigenvalue weighted by Gasteiger charge is 2.09. The molecule has 0 bridgehead atoms. The SMILES string of the molecule is COCCCn1ncc2ccc([N+](=O)[O-])cc21. The van der Waals surface area contributed by atoms with Gasteiger partial charge >= 0.3 is 0 Å². The first-order chi connectivity index (χ1) is 8.22. The van der Waals surface area contributed by atoms with Crippen molar-refractivity contribution in [2.45, 2.75) is 13.0 Å². The Morgan fingerprint density at radius 3 is 3.06 bits per heavy atom. The number of aryl methyl sites for hydroxylation is 1. The molecular formula is C11H13N3O3. The Bertz CT molecular complexity index is 536. The summed E-state index contributed by atoms with van der Waals surface area (Å²) < 4.78 is 6.73. The predicted octanol–water partition coefficient (Wildman–Crippen LogP) is 1.98. The van der Waals surface area contributed by atoms with E-state index in [9.17, 15) is 10.1 Å². The standard InChI is InChI=1S/C11H13N3O3/c1-17-6-2-5-13-11-7-10(14(15)16)4-3-9(11)8-12-13/h3-4,7-8H,2,5-6H2,1H3. The highest BCUT2D eigenvalue weighted by Crippen LogP contribution is 2.20. The van der Waals surface area contributed by atoms with Crippen molar-refractivity contribution in [2.75, 3.05) is 13.7 Å². The average Bonchev–Trinajstić information content (AvgIpc) is 2.72. The normalized spacial score (nSPS) is 10.9. The zero-order chi connectivity index (χ0) is 12.3. The molecule has 0 aliphatic rings. The number of nitro benzene ring substituents is 1. The van der Waals surface area contributed by atoms with Crippen molar-refractivity contribution in [3.63, 3.8) is 0 Å². The largest absolute Gasteiger partial charge is 0.385 e. The van der Waals surface area contributed by atoms with Crippen molar-refractivity contribution in [3.05, 3.63) is 34.5 Å². The van der Waals surface area contributed by atoms with Crippen LogP contribution >= 0.6 is 0 Å². The molecule has 1 heterocycles. The van der Waals surface area contributed by atoms with Gasteiger partial charge in [-0.05, 0) is 12.5 Å². The van der Waals surface area contributed by atoms with Gasteiger partial charge in [0, 0.05) is 37.8 Å². The average molecular weight is 235 g/mol. The Kier molecular flexibility index (Phi) is 3.34. The Balaban J connectivity index is 2.30. The summed E-state index contributed by atoms with van der Waals surface area (Å²) in [6.07, 6.45) is 2.54. The van der Waals surface area contributed by atoms with Crippen molar-refractivity contribution in [1.82, 2.24) is 9.78 Å². The van der Waals surface area contributed by atoms with Crippen LogP contribution in [-0.4, -0.2) is 28.4 Å². The molecule has 6 nitrogen and oxygen atoms in total. The number of hydrogen-bond acceptors (Lipinski definition) is 4. The van der Waals surface area contributed by atoms with E-state index >= 15 is 0 Å². The summed E-state index contributed by atoms with van der Waals surface area (Å²) in [5, 5.41) is 15.8. The molecule has 0 aliphatic carbocycles. The first kappa shape index (κ1) is 11.5. The van der Waals surface area contributed by atoms with Crippen molar-refractivity contribution >= 4 is 16.6 Å². The molecule has 2 rings (SSSR count). The van der Waals surface area contributed by atoms with E-state index in [0.29, 0.717) is 13.2 Å². The summed E-state index contributed by atoms with van der Waals surface area (Å²) in [6, 6.07) is 4.76. The molecular weight excluding hydrogens is 222 g/mol. The Labute approximate surface area is 97.9 Å². The summed E-state index contributed by atoms with van der Waals surface area (Å²) in [7, 11) is 1.64. The molecule has 1 aromatic heterocycles. The molecule has 0 saturated heterocycles. The first-order valence-electron chi connectivity index (χ1n) is 5.31. The minimum atomic E-state index is -0.397. The highest BCUT2D eigenvalue weighted by atomic mass is 16.6. The molecule has 0 fully saturated rings. The molecule has 17 heavy (non-hydrogen) atoms. The fraction of sp³-hybridized carbons (Fsp3) is 0.364. The van der Waals surface area contributed by atoms with Crippen LogP contribution in [0.2, 0.25) is 0 Å². The molecule has 0 aliphatic heterocycles. The molecule has 1 aromatic carbocycles. The number of non-ortho nitro benzene ring substituents is 1. The van der Waals surface area contributed by atoms with Gasteiger partial charge in [0.1, 0.15) is 0 Å². The maximum absolute atomic E-state index is 10.7. The van der Waals surface area contributed by atoms with Crippen molar-refractivity contribution < 1.29 is 9.66 Å². The Morgan fingerprint density at radius 2 is 2.35 bits per heavy atom. The van der Waals surface area contributed by atoms with E-state index in [4.69, 9.17) is 4.74 Å². The van der Waals surface area contributed by atoms with E-state index in [1.54, 1.807) is 30.1 Å². The maximum atomic E-state index is 10.7. The van der Waals surface area contributed by atoms with Crippen LogP contribution in [0.4, 0.5) is 5.69 Å². The third-order valence-corrected chi connectivity index (χ3v) is 2.56. The number of hydrogen-bond donors (Lipinski definition) is 0. The molecule has 0 atom stereocenters. The number of nitro groups is 1. The molecule has 0 radical (unpaired) electrons. The van der Waals surface area contributed by atoms with Crippen LogP contribution in [0.1, 0.15) is 6.42 Å². The van der Waals surface area contributed by atoms with Crippen LogP contribution in [0.5, 0.6) is 0 Å². The van der Waals surface area contributed by atoms with Crippen LogP contribution in [0.25, 0.3) is 10.9 Å². The lowest BCUT2D eigenvalue weighted by Gasteiger charge is -2.02. The van der Waals surface area contributed by atoms with Gasteiger partial charge in [-0.15, -0.1) is 0 Å². The van der Waals surface area contributed by atoms with Gasteiger partial charge in [-0.3, -0.25) is 14.8 Å². The van der Waals surface area contributed by atoms with Gasteiger partial charge in [-0.2, -0.15) is 5.10 Å². The zero-order valence-electron chi connectivity index (χ0n) is 9.50. The minimum absolute atomic E-state index is 0.0889. The second-order valence-corrected chi connectivity index (χ2v) is 3.71. The second kappa shape index (κ2) is 4.92. The van der Waals surface area contributed by atoms with E-state index in [1.165, 1.54) is 6.07 Å². The van der Waals surface area contributed by atoms with Crippen molar-refractivity contribution in [3.8, 4) is 0 Å². The van der Waals surface area contributed by atoms with Gasteiger partial charge in [0.2, 0.25) is 0 Å². The van der Waals surface area contributed by atoms with Crippen molar-refractivity contribution in [1.29, 1.82) is 0 Å². The number of aromatic nitrogens is 2. The summed E-state index contributed by atoms with van der Waals surface area (Å²) in [6.45, 7) is 1.34. The quantitative estimate of drug-likeness (QED) is 0.451. The molecule has 0 saturated carbocycles. The highest BCUT2D eigenvalue weighted by molar-refractivity contribution is 5.80. The van der Waals surface area contributed by atoms with Gasteiger partial charge in [-0.1, -0.05) is 0 Å². The number of rotatable bonds is 5. The number of benzene rings is 1. The minimum Gasteiger partial charge on any atom is -0.385 e. The second-order valence-electron chi connectivity index (χ2n) is 3.71. The lowest BCUT2D eigenvalue weighted by molar-refractivity contribution is -0.384. The summed E-state index contributed by atoms with van der Waals surface area (Å²) in [5.41, 5.74) is 0.876. The fourth-order valence-corrected chi connectivity index (χ4v) is 1.71. The van der Waals surface area contributed by atoms with E-state index in [0.717, 1.165) is 17.3 Å². The molecule has 0 unspecified atom stereocenters. The smallest absolute Gasteiger partial charge is 0.271 e. The van der Waals surface area contributed by atoms with Crippen LogP contribution in [0, 0.1) is 10.1 Å². The monoisotopic (exact) mass is 235 g/mol. The van der Waals surface area contributed by atoms with Crippen molar-refractivity contribution in [2.24, 2.45) is 0 Å². The summed E-state index contributed by atoms with van der Waals surface area (Å²) in [4.78, 5) is 10.3. The third kappa shape index (κ3) is 2.42. The van der Waals surface area contributed by atoms with Gasteiger partial charge in [-0.25, -0.2) is 0 Å². The van der Waals surface area contributed by atoms with Crippen LogP contribution in [0.3, 0.4) is 0 Å². The van der Waals surface area contributed by atoms with E-state index < -0.39 is 4.92 Å². The number of nitrogens with zero attached hydrogens (tertiary/aromatic N) is 3. The molecule has 6 heteroatoms. The Morgan fingerprint density at radius 1 is 1.53 bits per heavy atom. The summed E-state index contributed by atoms with van der Waals surface area (Å²) in [5.74, 6) is 0. The number of fused-ring (bicyclic) bond motifs is 1. The van der Waals surface area contributed by atoms with Gasteiger partial charge in [0.25, 0.3) is 5.69 Å². The number of methoxy groups -OCH3 is 1. The zero-order valence-corrected chi connectivity index (χ0v) is 9.50. The summed E-state index contributed by atoms with van der Waals surface area (Å²) >= 11 is 0.